The van der Waals surface area contributed by atoms with Crippen LogP contribution in [0.25, 0.3) is 0 Å². The molecule has 1 unspecified atom stereocenters. The van der Waals surface area contributed by atoms with Crippen molar-refractivity contribution in [2.24, 2.45) is 0 Å². The summed E-state index contributed by atoms with van der Waals surface area (Å²) in [5.74, 6) is 1.73. The predicted molar refractivity (Wildman–Crippen MR) is 81.0 cm³/mol. The topological polar surface area (TPSA) is 73.9 Å². The third kappa shape index (κ3) is 3.03. The fraction of sp³-hybridized carbons (Fsp3) is 0.250. The zero-order valence-corrected chi connectivity index (χ0v) is 12.3. The quantitative estimate of drug-likeness (QED) is 0.827. The Kier molecular flexibility index (Phi) is 4.55. The van der Waals surface area contributed by atoms with E-state index >= 15 is 0 Å². The van der Waals surface area contributed by atoms with Crippen molar-refractivity contribution in [1.82, 2.24) is 0 Å². The molecule has 2 aromatic carbocycles. The summed E-state index contributed by atoms with van der Waals surface area (Å²) >= 11 is 0. The average Bonchev–Trinajstić information content (AvgIpc) is 2.53. The Morgan fingerprint density at radius 1 is 0.952 bits per heavy atom. The van der Waals surface area contributed by atoms with E-state index in [1.807, 2.05) is 0 Å². The molecule has 2 aromatic rings. The summed E-state index contributed by atoms with van der Waals surface area (Å²) in [5, 5.41) is 10.6. The van der Waals surface area contributed by atoms with Gasteiger partial charge in [0.05, 0.1) is 27.0 Å². The van der Waals surface area contributed by atoms with Gasteiger partial charge in [0.25, 0.3) is 0 Å². The first kappa shape index (κ1) is 15.0. The molecule has 0 radical (unpaired) electrons. The number of nitrogen functional groups attached to an aromatic ring is 1. The van der Waals surface area contributed by atoms with Crippen LogP contribution >= 0.6 is 0 Å². The molecule has 5 heteroatoms. The molecule has 0 amide bonds. The van der Waals surface area contributed by atoms with Gasteiger partial charge in [-0.15, -0.1) is 0 Å². The molecule has 0 bridgehead atoms. The molecule has 0 fully saturated rings. The highest BCUT2D eigenvalue weighted by Gasteiger charge is 2.17. The minimum Gasteiger partial charge on any atom is -0.497 e. The van der Waals surface area contributed by atoms with Crippen LogP contribution in [0.4, 0.5) is 5.69 Å². The van der Waals surface area contributed by atoms with Crippen molar-refractivity contribution in [3.63, 3.8) is 0 Å². The van der Waals surface area contributed by atoms with Gasteiger partial charge in [-0.05, 0) is 23.8 Å². The van der Waals surface area contributed by atoms with Crippen LogP contribution in [0.15, 0.2) is 36.4 Å². The van der Waals surface area contributed by atoms with Gasteiger partial charge >= 0.3 is 0 Å². The van der Waals surface area contributed by atoms with Gasteiger partial charge in [0.2, 0.25) is 0 Å². The zero-order valence-electron chi connectivity index (χ0n) is 12.3. The van der Waals surface area contributed by atoms with Crippen LogP contribution in [-0.2, 0) is 0 Å². The van der Waals surface area contributed by atoms with Gasteiger partial charge in [-0.25, -0.2) is 0 Å². The van der Waals surface area contributed by atoms with E-state index in [1.165, 1.54) is 7.11 Å². The summed E-state index contributed by atoms with van der Waals surface area (Å²) in [4.78, 5) is 0. The number of aliphatic hydroxyl groups excluding tert-OH is 1. The van der Waals surface area contributed by atoms with E-state index < -0.39 is 6.10 Å². The fourth-order valence-corrected chi connectivity index (χ4v) is 2.14. The number of rotatable bonds is 5. The van der Waals surface area contributed by atoms with Gasteiger partial charge in [0.1, 0.15) is 23.4 Å². The molecular formula is C16H19NO4. The number of benzene rings is 2. The molecule has 0 aliphatic heterocycles. The highest BCUT2D eigenvalue weighted by Crippen LogP contribution is 2.35. The molecule has 0 saturated carbocycles. The van der Waals surface area contributed by atoms with Crippen molar-refractivity contribution in [3.8, 4) is 17.2 Å². The van der Waals surface area contributed by atoms with Crippen LogP contribution in [0.5, 0.6) is 17.2 Å². The normalized spacial score (nSPS) is 11.8. The second kappa shape index (κ2) is 6.37. The summed E-state index contributed by atoms with van der Waals surface area (Å²) in [6.07, 6.45) is -0.899. The van der Waals surface area contributed by atoms with E-state index in [1.54, 1.807) is 50.6 Å². The van der Waals surface area contributed by atoms with Crippen LogP contribution in [0, 0.1) is 0 Å². The predicted octanol–water partition coefficient (Wildman–Crippen LogP) is 2.38. The van der Waals surface area contributed by atoms with Crippen molar-refractivity contribution < 1.29 is 19.3 Å². The van der Waals surface area contributed by atoms with E-state index in [9.17, 15) is 5.11 Å². The second-order valence-electron chi connectivity index (χ2n) is 4.51. The molecule has 3 N–H and O–H groups in total. The van der Waals surface area contributed by atoms with Gasteiger partial charge in [-0.1, -0.05) is 12.1 Å². The maximum atomic E-state index is 10.6. The monoisotopic (exact) mass is 289 g/mol. The summed E-state index contributed by atoms with van der Waals surface area (Å²) < 4.78 is 15.6. The zero-order chi connectivity index (χ0) is 15.4. The van der Waals surface area contributed by atoms with Gasteiger partial charge in [0, 0.05) is 11.6 Å². The summed E-state index contributed by atoms with van der Waals surface area (Å²) in [5.41, 5.74) is 7.64. The minimum atomic E-state index is -0.899. The Morgan fingerprint density at radius 2 is 1.57 bits per heavy atom. The van der Waals surface area contributed by atoms with Crippen LogP contribution in [0.2, 0.25) is 0 Å². The number of aliphatic hydroxyl groups is 1. The average molecular weight is 289 g/mol. The first-order chi connectivity index (χ1) is 10.1. The van der Waals surface area contributed by atoms with Crippen LogP contribution in [0.3, 0.4) is 0 Å². The van der Waals surface area contributed by atoms with Crippen molar-refractivity contribution in [1.29, 1.82) is 0 Å². The third-order valence-electron chi connectivity index (χ3n) is 3.30. The van der Waals surface area contributed by atoms with Crippen molar-refractivity contribution >= 4 is 5.69 Å². The lowest BCUT2D eigenvalue weighted by Gasteiger charge is -2.17. The minimum absolute atomic E-state index is 0.411. The van der Waals surface area contributed by atoms with E-state index in [0.717, 1.165) is 0 Å². The number of para-hydroxylation sites is 1. The third-order valence-corrected chi connectivity index (χ3v) is 3.30. The lowest BCUT2D eigenvalue weighted by Crippen LogP contribution is -2.06. The lowest BCUT2D eigenvalue weighted by molar-refractivity contribution is 0.219. The van der Waals surface area contributed by atoms with Crippen molar-refractivity contribution in [3.05, 3.63) is 47.5 Å². The Hall–Kier alpha value is -2.40. The standard InChI is InChI=1S/C16H19NO4/c1-19-11-7-10(8-12(9-11)20-2)16(18)13-5-4-6-14(21-3)15(13)17/h4-9,16,18H,17H2,1-3H3. The highest BCUT2D eigenvalue weighted by molar-refractivity contribution is 5.61. The molecule has 0 spiro atoms. The maximum absolute atomic E-state index is 10.6. The van der Waals surface area contributed by atoms with Gasteiger partial charge in [0.15, 0.2) is 0 Å². The number of hydrogen-bond donors (Lipinski definition) is 2. The molecule has 112 valence electrons. The first-order valence-electron chi connectivity index (χ1n) is 6.44. The van der Waals surface area contributed by atoms with Crippen LogP contribution in [0.1, 0.15) is 17.2 Å². The molecule has 0 saturated heterocycles. The van der Waals surface area contributed by atoms with Crippen LogP contribution < -0.4 is 19.9 Å². The Bertz CT molecular complexity index is 605. The maximum Gasteiger partial charge on any atom is 0.142 e. The molecule has 0 aliphatic rings. The van der Waals surface area contributed by atoms with Gasteiger partial charge < -0.3 is 25.1 Å². The Labute approximate surface area is 123 Å². The van der Waals surface area contributed by atoms with Gasteiger partial charge in [-0.2, -0.15) is 0 Å². The molecule has 0 aromatic heterocycles. The number of ether oxygens (including phenoxy) is 3. The highest BCUT2D eigenvalue weighted by atomic mass is 16.5. The Morgan fingerprint density at radius 3 is 2.10 bits per heavy atom. The van der Waals surface area contributed by atoms with E-state index in [2.05, 4.69) is 0 Å². The van der Waals surface area contributed by atoms with Gasteiger partial charge in [-0.3, -0.25) is 0 Å². The molecule has 21 heavy (non-hydrogen) atoms. The first-order valence-corrected chi connectivity index (χ1v) is 6.44. The largest absolute Gasteiger partial charge is 0.497 e. The lowest BCUT2D eigenvalue weighted by atomic mass is 9.99. The number of nitrogens with two attached hydrogens (primary N) is 1. The van der Waals surface area contributed by atoms with Crippen LogP contribution in [-0.4, -0.2) is 26.4 Å². The van der Waals surface area contributed by atoms with E-state index in [4.69, 9.17) is 19.9 Å². The molecular weight excluding hydrogens is 270 g/mol. The summed E-state index contributed by atoms with van der Waals surface area (Å²) in [6, 6.07) is 10.5. The SMILES string of the molecule is COc1cc(OC)cc(C(O)c2cccc(OC)c2N)c1. The van der Waals surface area contributed by atoms with Crippen molar-refractivity contribution in [2.75, 3.05) is 27.1 Å². The Balaban J connectivity index is 2.46. The molecule has 2 rings (SSSR count). The molecule has 1 atom stereocenters. The summed E-state index contributed by atoms with van der Waals surface area (Å²) in [7, 11) is 4.66. The van der Waals surface area contributed by atoms with E-state index in [-0.39, 0.29) is 0 Å². The van der Waals surface area contributed by atoms with E-state index in [0.29, 0.717) is 34.1 Å². The summed E-state index contributed by atoms with van der Waals surface area (Å²) in [6.45, 7) is 0. The smallest absolute Gasteiger partial charge is 0.142 e. The number of methoxy groups -OCH3 is 3. The molecule has 0 aliphatic carbocycles. The number of hydrogen-bond acceptors (Lipinski definition) is 5. The van der Waals surface area contributed by atoms with Crippen molar-refractivity contribution in [2.45, 2.75) is 6.10 Å². The molecule has 0 heterocycles. The number of anilines is 1. The second-order valence-corrected chi connectivity index (χ2v) is 4.51. The fourth-order valence-electron chi connectivity index (χ4n) is 2.14. The molecule has 5 nitrogen and oxygen atoms in total.